The lowest BCUT2D eigenvalue weighted by Gasteiger charge is -2.16. The van der Waals surface area contributed by atoms with E-state index in [1.807, 2.05) is 73.7 Å². The monoisotopic (exact) mass is 444 g/mol. The lowest BCUT2D eigenvalue weighted by Crippen LogP contribution is -2.32. The number of rotatable bonds is 7. The summed E-state index contributed by atoms with van der Waals surface area (Å²) in [4.78, 5) is 28.3. The van der Waals surface area contributed by atoms with Crippen molar-refractivity contribution in [3.8, 4) is 0 Å². The standard InChI is InChI=1S/C27H25ClN2O2/c1-3-4-9-19-14-16-21(17-15-19)30-26(31)24(20-10-6-5-7-11-20)25(27(30)32)29-23-13-8-12-22(28)18(23)2/h5-8,10-17,29H,3-4,9H2,1-2H3. The van der Waals surface area contributed by atoms with Gasteiger partial charge < -0.3 is 5.32 Å². The zero-order valence-electron chi connectivity index (χ0n) is 18.2. The third kappa shape index (κ3) is 4.19. The number of anilines is 2. The topological polar surface area (TPSA) is 49.4 Å². The van der Waals surface area contributed by atoms with Gasteiger partial charge in [-0.2, -0.15) is 0 Å². The predicted octanol–water partition coefficient (Wildman–Crippen LogP) is 6.39. The third-order valence-corrected chi connectivity index (χ3v) is 6.10. The fourth-order valence-electron chi connectivity index (χ4n) is 3.82. The molecule has 1 aliphatic rings. The molecule has 4 nitrogen and oxygen atoms in total. The molecule has 0 bridgehead atoms. The molecule has 1 aliphatic heterocycles. The normalized spacial score (nSPS) is 13.8. The van der Waals surface area contributed by atoms with E-state index in [-0.39, 0.29) is 17.5 Å². The molecule has 0 saturated heterocycles. The van der Waals surface area contributed by atoms with Gasteiger partial charge >= 0.3 is 0 Å². The molecule has 2 amide bonds. The van der Waals surface area contributed by atoms with Crippen LogP contribution in [0.5, 0.6) is 0 Å². The molecule has 3 aromatic carbocycles. The maximum absolute atomic E-state index is 13.5. The zero-order valence-corrected chi connectivity index (χ0v) is 18.9. The molecule has 162 valence electrons. The Morgan fingerprint density at radius 2 is 1.59 bits per heavy atom. The number of hydrogen-bond acceptors (Lipinski definition) is 3. The number of nitrogens with zero attached hydrogens (tertiary/aromatic N) is 1. The van der Waals surface area contributed by atoms with Crippen LogP contribution in [0.1, 0.15) is 36.5 Å². The van der Waals surface area contributed by atoms with Gasteiger partial charge in [-0.05, 0) is 60.7 Å². The van der Waals surface area contributed by atoms with Crippen LogP contribution in [0.15, 0.2) is 78.5 Å². The van der Waals surface area contributed by atoms with Gasteiger partial charge in [-0.3, -0.25) is 9.59 Å². The summed E-state index contributed by atoms with van der Waals surface area (Å²) in [6, 6.07) is 22.4. The first-order valence-electron chi connectivity index (χ1n) is 10.8. The number of carbonyl (C=O) groups is 2. The number of hydrogen-bond donors (Lipinski definition) is 1. The molecule has 1 heterocycles. The molecular formula is C27H25ClN2O2. The molecule has 4 rings (SSSR count). The Labute approximate surface area is 193 Å². The summed E-state index contributed by atoms with van der Waals surface area (Å²) in [5, 5.41) is 3.79. The van der Waals surface area contributed by atoms with E-state index >= 15 is 0 Å². The predicted molar refractivity (Wildman–Crippen MR) is 131 cm³/mol. The molecule has 0 unspecified atom stereocenters. The van der Waals surface area contributed by atoms with Crippen molar-refractivity contribution in [1.82, 2.24) is 0 Å². The molecule has 0 atom stereocenters. The first-order chi connectivity index (χ1) is 15.5. The smallest absolute Gasteiger partial charge is 0.282 e. The zero-order chi connectivity index (χ0) is 22.7. The number of amides is 2. The van der Waals surface area contributed by atoms with Crippen molar-refractivity contribution in [2.75, 3.05) is 10.2 Å². The highest BCUT2D eigenvalue weighted by Crippen LogP contribution is 2.35. The van der Waals surface area contributed by atoms with Crippen molar-refractivity contribution in [2.45, 2.75) is 33.1 Å². The second kappa shape index (κ2) is 9.41. The molecule has 0 spiro atoms. The largest absolute Gasteiger partial charge is 0.350 e. The molecule has 5 heteroatoms. The molecule has 0 saturated carbocycles. The van der Waals surface area contributed by atoms with Gasteiger partial charge in [-0.1, -0.05) is 73.5 Å². The number of aryl methyl sites for hydroxylation is 1. The van der Waals surface area contributed by atoms with Gasteiger partial charge in [-0.25, -0.2) is 4.90 Å². The number of benzene rings is 3. The van der Waals surface area contributed by atoms with Crippen molar-refractivity contribution in [1.29, 1.82) is 0 Å². The van der Waals surface area contributed by atoms with Crippen LogP contribution in [0, 0.1) is 6.92 Å². The van der Waals surface area contributed by atoms with Crippen LogP contribution in [-0.2, 0) is 16.0 Å². The van der Waals surface area contributed by atoms with Crippen molar-refractivity contribution in [3.63, 3.8) is 0 Å². The van der Waals surface area contributed by atoms with Crippen molar-refractivity contribution in [3.05, 3.63) is 100 Å². The summed E-state index contributed by atoms with van der Waals surface area (Å²) >= 11 is 6.27. The van der Waals surface area contributed by atoms with Gasteiger partial charge in [0.15, 0.2) is 0 Å². The van der Waals surface area contributed by atoms with Gasteiger partial charge in [0.2, 0.25) is 0 Å². The fourth-order valence-corrected chi connectivity index (χ4v) is 4.00. The molecule has 0 aliphatic carbocycles. The maximum atomic E-state index is 13.5. The Hall–Kier alpha value is -3.37. The second-order valence-corrected chi connectivity index (χ2v) is 8.28. The third-order valence-electron chi connectivity index (χ3n) is 5.69. The lowest BCUT2D eigenvalue weighted by molar-refractivity contribution is -0.120. The van der Waals surface area contributed by atoms with E-state index in [9.17, 15) is 9.59 Å². The van der Waals surface area contributed by atoms with Gasteiger partial charge in [-0.15, -0.1) is 0 Å². The van der Waals surface area contributed by atoms with Crippen LogP contribution in [-0.4, -0.2) is 11.8 Å². The summed E-state index contributed by atoms with van der Waals surface area (Å²) in [7, 11) is 0. The highest BCUT2D eigenvalue weighted by molar-refractivity contribution is 6.46. The van der Waals surface area contributed by atoms with Crippen LogP contribution in [0.4, 0.5) is 11.4 Å². The minimum absolute atomic E-state index is 0.252. The van der Waals surface area contributed by atoms with Crippen LogP contribution in [0.25, 0.3) is 5.57 Å². The molecular weight excluding hydrogens is 420 g/mol. The quantitative estimate of drug-likeness (QED) is 0.429. The average Bonchev–Trinajstić information content (AvgIpc) is 3.05. The highest BCUT2D eigenvalue weighted by Gasteiger charge is 2.40. The summed E-state index contributed by atoms with van der Waals surface area (Å²) in [6.07, 6.45) is 3.20. The van der Waals surface area contributed by atoms with E-state index in [0.717, 1.165) is 24.8 Å². The van der Waals surface area contributed by atoms with Crippen LogP contribution < -0.4 is 10.2 Å². The number of unbranched alkanes of at least 4 members (excludes halogenated alkanes) is 1. The summed E-state index contributed by atoms with van der Waals surface area (Å²) in [5.41, 5.74) is 4.56. The SMILES string of the molecule is CCCCc1ccc(N2C(=O)C(Nc3cccc(Cl)c3C)=C(c3ccccc3)C2=O)cc1. The first kappa shape index (κ1) is 21.8. The molecule has 3 aromatic rings. The minimum Gasteiger partial charge on any atom is -0.350 e. The average molecular weight is 445 g/mol. The van der Waals surface area contributed by atoms with Gasteiger partial charge in [0, 0.05) is 10.7 Å². The summed E-state index contributed by atoms with van der Waals surface area (Å²) in [5.74, 6) is -0.723. The van der Waals surface area contributed by atoms with E-state index in [2.05, 4.69) is 12.2 Å². The lowest BCUT2D eigenvalue weighted by atomic mass is 10.0. The van der Waals surface area contributed by atoms with E-state index < -0.39 is 0 Å². The van der Waals surface area contributed by atoms with Gasteiger partial charge in [0.25, 0.3) is 11.8 Å². The molecule has 1 N–H and O–H groups in total. The van der Waals surface area contributed by atoms with E-state index in [1.54, 1.807) is 6.07 Å². The van der Waals surface area contributed by atoms with Crippen molar-refractivity contribution in [2.24, 2.45) is 0 Å². The Morgan fingerprint density at radius 3 is 2.28 bits per heavy atom. The molecule has 0 fully saturated rings. The summed E-state index contributed by atoms with van der Waals surface area (Å²) < 4.78 is 0. The Kier molecular flexibility index (Phi) is 6.42. The van der Waals surface area contributed by atoms with E-state index in [0.29, 0.717) is 27.5 Å². The molecule has 0 radical (unpaired) electrons. The fraction of sp³-hybridized carbons (Fsp3) is 0.185. The number of halogens is 1. The number of imide groups is 1. The number of carbonyl (C=O) groups excluding carboxylic acids is 2. The van der Waals surface area contributed by atoms with E-state index in [4.69, 9.17) is 11.6 Å². The van der Waals surface area contributed by atoms with Crippen LogP contribution in [0.3, 0.4) is 0 Å². The van der Waals surface area contributed by atoms with E-state index in [1.165, 1.54) is 10.5 Å². The second-order valence-electron chi connectivity index (χ2n) is 7.87. The van der Waals surface area contributed by atoms with Crippen molar-refractivity contribution < 1.29 is 9.59 Å². The van der Waals surface area contributed by atoms with Crippen LogP contribution >= 0.6 is 11.6 Å². The van der Waals surface area contributed by atoms with Gasteiger partial charge in [0.05, 0.1) is 11.3 Å². The first-order valence-corrected chi connectivity index (χ1v) is 11.2. The molecule has 0 aromatic heterocycles. The Bertz CT molecular complexity index is 1180. The molecule has 32 heavy (non-hydrogen) atoms. The van der Waals surface area contributed by atoms with Crippen LogP contribution in [0.2, 0.25) is 5.02 Å². The minimum atomic E-state index is -0.380. The Morgan fingerprint density at radius 1 is 0.875 bits per heavy atom. The highest BCUT2D eigenvalue weighted by atomic mass is 35.5. The summed E-state index contributed by atoms with van der Waals surface area (Å²) in [6.45, 7) is 4.03. The Balaban J connectivity index is 1.74. The van der Waals surface area contributed by atoms with Crippen molar-refractivity contribution >= 4 is 40.4 Å². The van der Waals surface area contributed by atoms with Gasteiger partial charge in [0.1, 0.15) is 5.70 Å². The number of nitrogens with one attached hydrogen (secondary N) is 1. The maximum Gasteiger partial charge on any atom is 0.282 e.